The van der Waals surface area contributed by atoms with Gasteiger partial charge in [0.05, 0.1) is 21.6 Å². The fourth-order valence-electron chi connectivity index (χ4n) is 3.50. The van der Waals surface area contributed by atoms with E-state index in [9.17, 15) is 0 Å². The van der Waals surface area contributed by atoms with Gasteiger partial charge in [-0.25, -0.2) is 0 Å². The number of aryl methyl sites for hydroxylation is 2. The molecule has 2 aromatic heterocycles. The van der Waals surface area contributed by atoms with Crippen molar-refractivity contribution in [2.24, 2.45) is 0 Å². The molecular weight excluding hydrogens is 426 g/mol. The summed E-state index contributed by atoms with van der Waals surface area (Å²) in [6.45, 7) is 4.24. The zero-order chi connectivity index (χ0) is 18.3. The van der Waals surface area contributed by atoms with Gasteiger partial charge in [0, 0.05) is 16.8 Å². The molecule has 0 bridgehead atoms. The summed E-state index contributed by atoms with van der Waals surface area (Å²) < 4.78 is 1.12. The molecule has 132 valence electrons. The second kappa shape index (κ2) is 7.10. The third kappa shape index (κ3) is 3.29. The average Bonchev–Trinajstić information content (AvgIpc) is 3.18. The van der Waals surface area contributed by atoms with Crippen LogP contribution in [0.2, 0.25) is 0 Å². The summed E-state index contributed by atoms with van der Waals surface area (Å²) in [6, 6.07) is 16.9. The van der Waals surface area contributed by atoms with Gasteiger partial charge in [-0.05, 0) is 89.5 Å². The van der Waals surface area contributed by atoms with Crippen molar-refractivity contribution >= 4 is 50.3 Å². The summed E-state index contributed by atoms with van der Waals surface area (Å²) in [5, 5.41) is 4.24. The van der Waals surface area contributed by atoms with Crippen molar-refractivity contribution in [1.82, 2.24) is 10.3 Å². The molecule has 0 unspecified atom stereocenters. The second-order valence-electron chi connectivity index (χ2n) is 6.48. The summed E-state index contributed by atoms with van der Waals surface area (Å²) in [6.07, 6.45) is 1.83. The highest BCUT2D eigenvalue weighted by Crippen LogP contribution is 2.44. The number of hydrogen-bond acceptors (Lipinski definition) is 3. The molecule has 1 N–H and O–H groups in total. The highest BCUT2D eigenvalue weighted by Gasteiger charge is 2.41. The van der Waals surface area contributed by atoms with Gasteiger partial charge in [0.15, 0.2) is 5.11 Å². The van der Waals surface area contributed by atoms with Gasteiger partial charge in [0.2, 0.25) is 0 Å². The van der Waals surface area contributed by atoms with E-state index in [-0.39, 0.29) is 12.1 Å². The summed E-state index contributed by atoms with van der Waals surface area (Å²) in [5.41, 5.74) is 4.58. The first kappa shape index (κ1) is 17.6. The van der Waals surface area contributed by atoms with E-state index in [0.717, 1.165) is 20.3 Å². The normalized spacial score (nSPS) is 19.7. The van der Waals surface area contributed by atoms with E-state index >= 15 is 0 Å². The van der Waals surface area contributed by atoms with Crippen LogP contribution in [-0.4, -0.2) is 10.1 Å². The van der Waals surface area contributed by atoms with Crippen LogP contribution in [0.1, 0.15) is 33.8 Å². The molecule has 1 aromatic carbocycles. The fourth-order valence-corrected chi connectivity index (χ4v) is 5.40. The number of nitrogens with one attached hydrogen (secondary N) is 1. The number of rotatable bonds is 3. The lowest BCUT2D eigenvalue weighted by Gasteiger charge is -2.27. The molecule has 0 aliphatic carbocycles. The molecule has 3 nitrogen and oxygen atoms in total. The minimum absolute atomic E-state index is 0.00932. The summed E-state index contributed by atoms with van der Waals surface area (Å²) in [4.78, 5) is 8.06. The Morgan fingerprint density at radius 1 is 1.12 bits per heavy atom. The Balaban J connectivity index is 1.85. The quantitative estimate of drug-likeness (QED) is 0.525. The summed E-state index contributed by atoms with van der Waals surface area (Å²) in [5.74, 6) is 0. The lowest BCUT2D eigenvalue weighted by molar-refractivity contribution is 0.575. The van der Waals surface area contributed by atoms with Crippen LogP contribution in [-0.2, 0) is 0 Å². The van der Waals surface area contributed by atoms with E-state index in [1.54, 1.807) is 11.3 Å². The van der Waals surface area contributed by atoms with Gasteiger partial charge in [-0.1, -0.05) is 12.1 Å². The Morgan fingerprint density at radius 3 is 2.50 bits per heavy atom. The van der Waals surface area contributed by atoms with Crippen molar-refractivity contribution in [1.29, 1.82) is 0 Å². The SMILES string of the molecule is Cc1cc(C)cc(N2C(=S)N[C@@H](c3ccccn3)[C@@H]2c2ccc(Br)s2)c1. The number of halogens is 1. The topological polar surface area (TPSA) is 28.2 Å². The fraction of sp³-hybridized carbons (Fsp3) is 0.200. The molecule has 0 spiro atoms. The molecule has 1 aliphatic heterocycles. The van der Waals surface area contributed by atoms with E-state index in [1.807, 2.05) is 18.3 Å². The highest BCUT2D eigenvalue weighted by molar-refractivity contribution is 9.11. The van der Waals surface area contributed by atoms with Crippen LogP contribution in [0, 0.1) is 13.8 Å². The molecule has 0 radical (unpaired) electrons. The van der Waals surface area contributed by atoms with Crippen LogP contribution in [0.3, 0.4) is 0 Å². The number of anilines is 1. The van der Waals surface area contributed by atoms with Gasteiger partial charge < -0.3 is 10.2 Å². The lowest BCUT2D eigenvalue weighted by Crippen LogP contribution is -2.29. The number of benzene rings is 1. The number of nitrogens with zero attached hydrogens (tertiary/aromatic N) is 2. The smallest absolute Gasteiger partial charge is 0.174 e. The van der Waals surface area contributed by atoms with Crippen LogP contribution >= 0.6 is 39.5 Å². The Hall–Kier alpha value is -1.76. The van der Waals surface area contributed by atoms with Crippen molar-refractivity contribution in [2.75, 3.05) is 4.90 Å². The molecule has 2 atom stereocenters. The minimum atomic E-state index is 0.00932. The summed E-state index contributed by atoms with van der Waals surface area (Å²) in [7, 11) is 0. The number of hydrogen-bond donors (Lipinski definition) is 1. The molecule has 1 aliphatic rings. The number of pyridine rings is 1. The molecule has 0 amide bonds. The van der Waals surface area contributed by atoms with Gasteiger partial charge in [0.1, 0.15) is 0 Å². The van der Waals surface area contributed by atoms with E-state index in [1.165, 1.54) is 16.0 Å². The van der Waals surface area contributed by atoms with Gasteiger partial charge in [-0.15, -0.1) is 11.3 Å². The largest absolute Gasteiger partial charge is 0.351 e. The third-order valence-electron chi connectivity index (χ3n) is 4.47. The van der Waals surface area contributed by atoms with Gasteiger partial charge in [0.25, 0.3) is 0 Å². The first-order chi connectivity index (χ1) is 12.5. The minimum Gasteiger partial charge on any atom is -0.351 e. The monoisotopic (exact) mass is 443 g/mol. The maximum Gasteiger partial charge on any atom is 0.174 e. The van der Waals surface area contributed by atoms with Crippen molar-refractivity contribution in [2.45, 2.75) is 25.9 Å². The first-order valence-electron chi connectivity index (χ1n) is 8.37. The van der Waals surface area contributed by atoms with Gasteiger partial charge in [-0.3, -0.25) is 4.98 Å². The molecule has 26 heavy (non-hydrogen) atoms. The van der Waals surface area contributed by atoms with Crippen LogP contribution in [0.5, 0.6) is 0 Å². The predicted molar refractivity (Wildman–Crippen MR) is 116 cm³/mol. The standard InChI is InChI=1S/C20H18BrN3S2/c1-12-9-13(2)11-14(10-12)24-19(16-6-7-17(21)26-16)18(23-20(24)25)15-5-3-4-8-22-15/h3-11,18-19H,1-2H3,(H,23,25)/t18-,19-/m0/s1. The molecule has 3 heterocycles. The van der Waals surface area contributed by atoms with Gasteiger partial charge in [-0.2, -0.15) is 0 Å². The maximum absolute atomic E-state index is 5.75. The number of thiophene rings is 1. The summed E-state index contributed by atoms with van der Waals surface area (Å²) >= 11 is 11.1. The lowest BCUT2D eigenvalue weighted by atomic mass is 10.0. The van der Waals surface area contributed by atoms with Crippen molar-refractivity contribution in [3.63, 3.8) is 0 Å². The van der Waals surface area contributed by atoms with Crippen LogP contribution < -0.4 is 10.2 Å². The van der Waals surface area contributed by atoms with E-state index in [2.05, 4.69) is 81.4 Å². The highest BCUT2D eigenvalue weighted by atomic mass is 79.9. The molecule has 3 aromatic rings. The Bertz CT molecular complexity index is 934. The Labute approximate surface area is 171 Å². The van der Waals surface area contributed by atoms with Crippen LogP contribution in [0.25, 0.3) is 0 Å². The molecule has 1 saturated heterocycles. The third-order valence-corrected chi connectivity index (χ3v) is 6.48. The molecule has 4 rings (SSSR count). The number of aromatic nitrogens is 1. The number of thiocarbonyl (C=S) groups is 1. The zero-order valence-corrected chi connectivity index (χ0v) is 17.7. The van der Waals surface area contributed by atoms with Crippen molar-refractivity contribution in [3.8, 4) is 0 Å². The Morgan fingerprint density at radius 2 is 1.88 bits per heavy atom. The first-order valence-corrected chi connectivity index (χ1v) is 10.4. The maximum atomic E-state index is 5.75. The molecule has 1 fully saturated rings. The molecule has 0 saturated carbocycles. The van der Waals surface area contributed by atoms with Crippen LogP contribution in [0.15, 0.2) is 58.5 Å². The molecule has 6 heteroatoms. The van der Waals surface area contributed by atoms with Gasteiger partial charge >= 0.3 is 0 Å². The predicted octanol–water partition coefficient (Wildman–Crippen LogP) is 5.70. The van der Waals surface area contributed by atoms with Crippen LogP contribution in [0.4, 0.5) is 5.69 Å². The Kier molecular flexibility index (Phi) is 4.82. The van der Waals surface area contributed by atoms with E-state index < -0.39 is 0 Å². The van der Waals surface area contributed by atoms with Crippen molar-refractivity contribution in [3.05, 3.63) is 80.2 Å². The average molecular weight is 444 g/mol. The second-order valence-corrected chi connectivity index (χ2v) is 9.37. The van der Waals surface area contributed by atoms with E-state index in [0.29, 0.717) is 0 Å². The van der Waals surface area contributed by atoms with E-state index in [4.69, 9.17) is 12.2 Å². The molecular formula is C20H18BrN3S2. The van der Waals surface area contributed by atoms with Crippen molar-refractivity contribution < 1.29 is 0 Å². The zero-order valence-electron chi connectivity index (χ0n) is 14.4.